The number of nitrogens with zero attached hydrogens (tertiary/aromatic N) is 3. The molecule has 0 unspecified atom stereocenters. The molecule has 0 aliphatic carbocycles. The van der Waals surface area contributed by atoms with Gasteiger partial charge in [0.05, 0.1) is 11.2 Å². The van der Waals surface area contributed by atoms with E-state index in [9.17, 15) is 0 Å². The summed E-state index contributed by atoms with van der Waals surface area (Å²) in [6, 6.07) is 1.97. The molecule has 1 N–H and O–H groups in total. The molecule has 2 aromatic heterocycles. The van der Waals surface area contributed by atoms with Crippen molar-refractivity contribution in [1.29, 1.82) is 0 Å². The van der Waals surface area contributed by atoms with Gasteiger partial charge < -0.3 is 10.1 Å². The van der Waals surface area contributed by atoms with Crippen LogP contribution in [0.25, 0.3) is 0 Å². The van der Waals surface area contributed by atoms with Crippen molar-refractivity contribution in [3.8, 4) is 11.8 Å². The quantitative estimate of drug-likeness (QED) is 0.829. The highest BCUT2D eigenvalue weighted by Crippen LogP contribution is 2.20. The van der Waals surface area contributed by atoms with Gasteiger partial charge >= 0.3 is 6.01 Å². The lowest BCUT2D eigenvalue weighted by Crippen LogP contribution is -2.15. The summed E-state index contributed by atoms with van der Waals surface area (Å²) in [7, 11) is 0. The lowest BCUT2D eigenvalue weighted by atomic mass is 10.2. The summed E-state index contributed by atoms with van der Waals surface area (Å²) in [6.07, 6.45) is 5.99. The van der Waals surface area contributed by atoms with Crippen LogP contribution in [0.3, 0.4) is 0 Å². The molecular weight excluding hydrogens is 276 g/mol. The number of hydrogen-bond donors (Lipinski definition) is 1. The molecule has 0 atom stereocenters. The van der Waals surface area contributed by atoms with E-state index < -0.39 is 0 Å². The molecule has 0 aliphatic rings. The van der Waals surface area contributed by atoms with Crippen molar-refractivity contribution in [2.24, 2.45) is 0 Å². The van der Waals surface area contributed by atoms with Gasteiger partial charge in [-0.2, -0.15) is 4.98 Å². The Morgan fingerprint density at radius 1 is 1.30 bits per heavy atom. The second-order valence-corrected chi connectivity index (χ2v) is 4.82. The first-order valence-electron chi connectivity index (χ1n) is 6.50. The van der Waals surface area contributed by atoms with Crippen LogP contribution in [0.2, 0.25) is 5.02 Å². The number of pyridine rings is 1. The van der Waals surface area contributed by atoms with Crippen molar-refractivity contribution in [2.45, 2.75) is 26.8 Å². The van der Waals surface area contributed by atoms with Crippen LogP contribution < -0.4 is 10.1 Å². The van der Waals surface area contributed by atoms with Gasteiger partial charge in [-0.3, -0.25) is 4.98 Å². The molecule has 0 aromatic carbocycles. The van der Waals surface area contributed by atoms with Gasteiger partial charge in [-0.25, -0.2) is 4.98 Å². The predicted molar refractivity (Wildman–Crippen MR) is 78.1 cm³/mol. The minimum absolute atomic E-state index is 0.297. The van der Waals surface area contributed by atoms with Gasteiger partial charge in [0, 0.05) is 36.3 Å². The van der Waals surface area contributed by atoms with Crippen LogP contribution in [-0.4, -0.2) is 21.5 Å². The smallest absolute Gasteiger partial charge is 0.322 e. The predicted octanol–water partition coefficient (Wildman–Crippen LogP) is 3.13. The first-order valence-corrected chi connectivity index (χ1v) is 6.88. The third-order valence-corrected chi connectivity index (χ3v) is 2.90. The number of rotatable bonds is 6. The Labute approximate surface area is 123 Å². The molecule has 0 saturated carbocycles. The maximum Gasteiger partial charge on any atom is 0.322 e. The Balaban J connectivity index is 2.05. The normalized spacial score (nSPS) is 10.6. The molecule has 0 bridgehead atoms. The average molecular weight is 293 g/mol. The van der Waals surface area contributed by atoms with E-state index in [4.69, 9.17) is 16.3 Å². The summed E-state index contributed by atoms with van der Waals surface area (Å²) in [6.45, 7) is 5.81. The molecule has 2 heterocycles. The summed E-state index contributed by atoms with van der Waals surface area (Å²) < 4.78 is 5.53. The monoisotopic (exact) mass is 292 g/mol. The number of aryl methyl sites for hydroxylation is 1. The second kappa shape index (κ2) is 7.17. The molecule has 2 aromatic rings. The zero-order valence-corrected chi connectivity index (χ0v) is 12.3. The zero-order valence-electron chi connectivity index (χ0n) is 11.6. The van der Waals surface area contributed by atoms with Gasteiger partial charge in [0.25, 0.3) is 0 Å². The Morgan fingerprint density at radius 2 is 2.15 bits per heavy atom. The Kier molecular flexibility index (Phi) is 5.26. The van der Waals surface area contributed by atoms with Crippen molar-refractivity contribution in [2.75, 3.05) is 6.54 Å². The van der Waals surface area contributed by atoms with E-state index in [2.05, 4.69) is 27.2 Å². The van der Waals surface area contributed by atoms with Crippen LogP contribution in [0.1, 0.15) is 24.6 Å². The fourth-order valence-electron chi connectivity index (χ4n) is 1.65. The van der Waals surface area contributed by atoms with Crippen molar-refractivity contribution in [3.05, 3.63) is 40.9 Å². The number of ether oxygens (including phenoxy) is 1. The molecule has 106 valence electrons. The largest absolute Gasteiger partial charge is 0.423 e. The molecule has 0 amide bonds. The van der Waals surface area contributed by atoms with Gasteiger partial charge in [0.1, 0.15) is 0 Å². The van der Waals surface area contributed by atoms with Crippen LogP contribution in [0, 0.1) is 6.92 Å². The summed E-state index contributed by atoms with van der Waals surface area (Å²) in [4.78, 5) is 12.5. The lowest BCUT2D eigenvalue weighted by Gasteiger charge is -2.08. The molecule has 2 rings (SSSR count). The molecule has 0 saturated heterocycles. The summed E-state index contributed by atoms with van der Waals surface area (Å²) >= 11 is 5.85. The van der Waals surface area contributed by atoms with Gasteiger partial charge in [0.2, 0.25) is 0 Å². The molecule has 6 heteroatoms. The molecule has 0 aliphatic heterocycles. The molecular formula is C14H17ClN4O. The van der Waals surface area contributed by atoms with E-state index in [0.717, 1.165) is 30.8 Å². The molecule has 5 nitrogen and oxygen atoms in total. The van der Waals surface area contributed by atoms with E-state index in [1.54, 1.807) is 24.7 Å². The summed E-state index contributed by atoms with van der Waals surface area (Å²) in [5, 5.41) is 3.83. The van der Waals surface area contributed by atoms with Gasteiger partial charge in [-0.15, -0.1) is 0 Å². The van der Waals surface area contributed by atoms with Crippen LogP contribution in [0.15, 0.2) is 24.7 Å². The van der Waals surface area contributed by atoms with Gasteiger partial charge in [-0.1, -0.05) is 18.5 Å². The van der Waals surface area contributed by atoms with E-state index in [-0.39, 0.29) is 0 Å². The van der Waals surface area contributed by atoms with Crippen molar-refractivity contribution < 1.29 is 4.74 Å². The van der Waals surface area contributed by atoms with Crippen LogP contribution in [-0.2, 0) is 6.54 Å². The fourth-order valence-corrected chi connectivity index (χ4v) is 1.81. The van der Waals surface area contributed by atoms with Crippen molar-refractivity contribution in [3.63, 3.8) is 0 Å². The van der Waals surface area contributed by atoms with Gasteiger partial charge in [0.15, 0.2) is 5.75 Å². The zero-order chi connectivity index (χ0) is 14.4. The van der Waals surface area contributed by atoms with Crippen LogP contribution >= 0.6 is 11.6 Å². The first kappa shape index (κ1) is 14.7. The summed E-state index contributed by atoms with van der Waals surface area (Å²) in [5.74, 6) is 0.522. The lowest BCUT2D eigenvalue weighted by molar-refractivity contribution is 0.437. The molecule has 0 spiro atoms. The molecule has 0 fully saturated rings. The van der Waals surface area contributed by atoms with E-state index >= 15 is 0 Å². The number of halogens is 1. The third-order valence-electron chi connectivity index (χ3n) is 2.69. The van der Waals surface area contributed by atoms with E-state index in [0.29, 0.717) is 16.8 Å². The van der Waals surface area contributed by atoms with E-state index in [1.165, 1.54) is 0 Å². The maximum atomic E-state index is 5.85. The highest BCUT2D eigenvalue weighted by molar-refractivity contribution is 6.30. The maximum absolute atomic E-state index is 5.85. The van der Waals surface area contributed by atoms with E-state index in [1.807, 2.05) is 6.92 Å². The third kappa shape index (κ3) is 4.15. The van der Waals surface area contributed by atoms with Crippen molar-refractivity contribution in [1.82, 2.24) is 20.3 Å². The first-order chi connectivity index (χ1) is 9.69. The Bertz CT molecular complexity index is 577. The topological polar surface area (TPSA) is 59.9 Å². The highest BCUT2D eigenvalue weighted by Gasteiger charge is 2.06. The number of aromatic nitrogens is 3. The van der Waals surface area contributed by atoms with Gasteiger partial charge in [-0.05, 0) is 19.9 Å². The Hall–Kier alpha value is -1.72. The van der Waals surface area contributed by atoms with Crippen LogP contribution in [0.4, 0.5) is 0 Å². The minimum Gasteiger partial charge on any atom is -0.423 e. The SMILES string of the molecule is CCCNCc1cnc(Oc2cncc(Cl)c2)nc1C. The number of hydrogen-bond acceptors (Lipinski definition) is 5. The average Bonchev–Trinajstić information content (AvgIpc) is 2.41. The Morgan fingerprint density at radius 3 is 2.85 bits per heavy atom. The van der Waals surface area contributed by atoms with Crippen LogP contribution in [0.5, 0.6) is 11.8 Å². The molecule has 20 heavy (non-hydrogen) atoms. The van der Waals surface area contributed by atoms with Crippen molar-refractivity contribution >= 4 is 11.6 Å². The standard InChI is InChI=1S/C14H17ClN4O/c1-3-4-16-6-11-7-18-14(19-10(11)2)20-13-5-12(15)8-17-9-13/h5,7-9,16H,3-4,6H2,1-2H3. The minimum atomic E-state index is 0.297. The number of nitrogens with one attached hydrogen (secondary N) is 1. The second-order valence-electron chi connectivity index (χ2n) is 4.38. The highest BCUT2D eigenvalue weighted by atomic mass is 35.5. The molecule has 0 radical (unpaired) electrons. The fraction of sp³-hybridized carbons (Fsp3) is 0.357. The summed E-state index contributed by atoms with van der Waals surface area (Å²) in [5.41, 5.74) is 1.96.